The molecule has 2 unspecified atom stereocenters. The first-order chi connectivity index (χ1) is 17.5. The Kier molecular flexibility index (Phi) is 7.09. The molecular weight excluding hydrogens is 454 g/mol. The molecule has 2 saturated heterocycles. The van der Waals surface area contributed by atoms with E-state index in [-0.39, 0.29) is 17.9 Å². The SMILES string of the molecule is Cc1cccc(C)c1C(=O)N1CC2CN(CCC(NC(=O)Oc3ccco3)c3ccccc3)C[C@H]2C1. The van der Waals surface area contributed by atoms with Gasteiger partial charge >= 0.3 is 6.09 Å². The third kappa shape index (κ3) is 5.31. The Balaban J connectivity index is 1.16. The van der Waals surface area contributed by atoms with Crippen LogP contribution in [0.5, 0.6) is 5.95 Å². The van der Waals surface area contributed by atoms with Gasteiger partial charge in [-0.15, -0.1) is 0 Å². The van der Waals surface area contributed by atoms with Crippen LogP contribution < -0.4 is 10.1 Å². The van der Waals surface area contributed by atoms with Gasteiger partial charge in [0.05, 0.1) is 12.3 Å². The van der Waals surface area contributed by atoms with E-state index in [1.54, 1.807) is 12.1 Å². The predicted molar refractivity (Wildman–Crippen MR) is 137 cm³/mol. The summed E-state index contributed by atoms with van der Waals surface area (Å²) >= 11 is 0. The van der Waals surface area contributed by atoms with Crippen molar-refractivity contribution in [3.8, 4) is 5.95 Å². The number of rotatable bonds is 7. The molecule has 188 valence electrons. The summed E-state index contributed by atoms with van der Waals surface area (Å²) in [4.78, 5) is 30.2. The van der Waals surface area contributed by atoms with E-state index in [1.807, 2.05) is 67.3 Å². The molecule has 0 saturated carbocycles. The summed E-state index contributed by atoms with van der Waals surface area (Å²) in [7, 11) is 0. The van der Waals surface area contributed by atoms with E-state index >= 15 is 0 Å². The highest BCUT2D eigenvalue weighted by Gasteiger charge is 2.42. The standard InChI is InChI=1S/C29H33N3O4/c1-20-8-6-9-21(2)27(20)28(33)32-18-23-16-31(17-24(23)19-32)14-13-25(22-10-4-3-5-11-22)30-29(34)36-26-12-7-15-35-26/h3-12,15,23-25H,13-14,16-19H2,1-2H3,(H,30,34)/t23-,24?,25?/m0/s1. The average molecular weight is 488 g/mol. The van der Waals surface area contributed by atoms with Crippen molar-refractivity contribution in [2.45, 2.75) is 26.3 Å². The van der Waals surface area contributed by atoms with Crippen molar-refractivity contribution in [3.05, 3.63) is 89.2 Å². The summed E-state index contributed by atoms with van der Waals surface area (Å²) in [5.41, 5.74) is 3.98. The Bertz CT molecular complexity index is 1160. The summed E-state index contributed by atoms with van der Waals surface area (Å²) in [6.45, 7) is 8.45. The van der Waals surface area contributed by atoms with E-state index in [9.17, 15) is 9.59 Å². The number of carbonyl (C=O) groups excluding carboxylic acids is 2. The smallest absolute Gasteiger partial charge is 0.415 e. The number of fused-ring (bicyclic) bond motifs is 1. The first-order valence-electron chi connectivity index (χ1n) is 12.6. The van der Waals surface area contributed by atoms with Crippen molar-refractivity contribution in [1.82, 2.24) is 15.1 Å². The Morgan fingerprint density at radius 3 is 2.28 bits per heavy atom. The molecule has 2 aliphatic rings. The predicted octanol–water partition coefficient (Wildman–Crippen LogP) is 4.82. The minimum atomic E-state index is -0.530. The Hall–Kier alpha value is -3.58. The van der Waals surface area contributed by atoms with E-state index in [1.165, 1.54) is 6.26 Å². The van der Waals surface area contributed by atoms with Gasteiger partial charge in [-0.05, 0) is 54.9 Å². The average Bonchev–Trinajstić information content (AvgIpc) is 3.59. The molecule has 3 aromatic rings. The summed E-state index contributed by atoms with van der Waals surface area (Å²) < 4.78 is 10.4. The van der Waals surface area contributed by atoms with Gasteiger partial charge in [-0.25, -0.2) is 4.79 Å². The molecule has 5 rings (SSSR count). The molecule has 2 amide bonds. The lowest BCUT2D eigenvalue weighted by molar-refractivity contribution is 0.0772. The summed E-state index contributed by atoms with van der Waals surface area (Å²) in [5.74, 6) is 1.32. The molecule has 3 atom stereocenters. The monoisotopic (exact) mass is 487 g/mol. The molecule has 3 heterocycles. The van der Waals surface area contributed by atoms with Crippen LogP contribution in [0.1, 0.15) is 39.5 Å². The number of ether oxygens (including phenoxy) is 1. The van der Waals surface area contributed by atoms with E-state index in [0.29, 0.717) is 11.8 Å². The van der Waals surface area contributed by atoms with Crippen molar-refractivity contribution in [2.75, 3.05) is 32.7 Å². The molecule has 2 aromatic carbocycles. The fourth-order valence-electron chi connectivity index (χ4n) is 5.65. The summed E-state index contributed by atoms with van der Waals surface area (Å²) in [6, 6.07) is 19.1. The van der Waals surface area contributed by atoms with Gasteiger partial charge in [0.1, 0.15) is 0 Å². The lowest BCUT2D eigenvalue weighted by Gasteiger charge is -2.25. The van der Waals surface area contributed by atoms with Crippen LogP contribution >= 0.6 is 0 Å². The number of hydrogen-bond acceptors (Lipinski definition) is 5. The second kappa shape index (κ2) is 10.6. The van der Waals surface area contributed by atoms with Crippen LogP contribution in [0, 0.1) is 25.7 Å². The van der Waals surface area contributed by atoms with Gasteiger partial charge in [-0.1, -0.05) is 48.5 Å². The fraction of sp³-hybridized carbons (Fsp3) is 0.379. The van der Waals surface area contributed by atoms with Crippen LogP contribution in [-0.2, 0) is 0 Å². The number of nitrogens with one attached hydrogen (secondary N) is 1. The van der Waals surface area contributed by atoms with E-state index in [4.69, 9.17) is 9.15 Å². The largest absolute Gasteiger partial charge is 0.434 e. The first-order valence-corrected chi connectivity index (χ1v) is 12.6. The molecule has 1 aromatic heterocycles. The maximum atomic E-state index is 13.2. The number of amides is 2. The van der Waals surface area contributed by atoms with Crippen molar-refractivity contribution in [1.29, 1.82) is 0 Å². The number of hydrogen-bond donors (Lipinski definition) is 1. The summed E-state index contributed by atoms with van der Waals surface area (Å²) in [6.07, 6.45) is 1.71. The maximum absolute atomic E-state index is 13.2. The van der Waals surface area contributed by atoms with Gasteiger partial charge in [0.2, 0.25) is 0 Å². The van der Waals surface area contributed by atoms with Gasteiger partial charge in [-0.2, -0.15) is 0 Å². The molecule has 2 fully saturated rings. The number of nitrogens with zero attached hydrogens (tertiary/aromatic N) is 2. The maximum Gasteiger partial charge on any atom is 0.415 e. The van der Waals surface area contributed by atoms with Crippen LogP contribution in [0.3, 0.4) is 0 Å². The fourth-order valence-corrected chi connectivity index (χ4v) is 5.65. The normalized spacial score (nSPS) is 20.2. The van der Waals surface area contributed by atoms with Crippen LogP contribution in [0.2, 0.25) is 0 Å². The molecule has 36 heavy (non-hydrogen) atoms. The van der Waals surface area contributed by atoms with Gasteiger partial charge < -0.3 is 24.3 Å². The van der Waals surface area contributed by atoms with Gasteiger partial charge in [0, 0.05) is 44.4 Å². The van der Waals surface area contributed by atoms with E-state index in [0.717, 1.165) is 61.4 Å². The molecule has 7 nitrogen and oxygen atoms in total. The molecule has 0 radical (unpaired) electrons. The third-order valence-electron chi connectivity index (χ3n) is 7.46. The number of benzene rings is 2. The zero-order chi connectivity index (χ0) is 25.1. The molecular formula is C29H33N3O4. The van der Waals surface area contributed by atoms with E-state index < -0.39 is 6.09 Å². The Labute approximate surface area is 212 Å². The van der Waals surface area contributed by atoms with Gasteiger partial charge in [0.15, 0.2) is 0 Å². The number of carbonyl (C=O) groups is 2. The van der Waals surface area contributed by atoms with Crippen LogP contribution in [0.15, 0.2) is 71.3 Å². The molecule has 0 bridgehead atoms. The van der Waals surface area contributed by atoms with Crippen molar-refractivity contribution in [3.63, 3.8) is 0 Å². The lowest BCUT2D eigenvalue weighted by Crippen LogP contribution is -2.36. The number of likely N-dealkylation sites (tertiary alicyclic amines) is 2. The van der Waals surface area contributed by atoms with Crippen molar-refractivity contribution < 1.29 is 18.7 Å². The number of aryl methyl sites for hydroxylation is 2. The van der Waals surface area contributed by atoms with Crippen LogP contribution in [0.25, 0.3) is 0 Å². The molecule has 0 aliphatic carbocycles. The van der Waals surface area contributed by atoms with Crippen LogP contribution in [0.4, 0.5) is 4.79 Å². The first kappa shape index (κ1) is 24.1. The van der Waals surface area contributed by atoms with Crippen LogP contribution in [-0.4, -0.2) is 54.5 Å². The van der Waals surface area contributed by atoms with Crippen molar-refractivity contribution >= 4 is 12.0 Å². The molecule has 1 N–H and O–H groups in total. The summed E-state index contributed by atoms with van der Waals surface area (Å²) in [5, 5.41) is 3.00. The Morgan fingerprint density at radius 1 is 0.944 bits per heavy atom. The minimum absolute atomic E-state index is 0.162. The molecule has 2 aliphatic heterocycles. The second-order valence-corrected chi connectivity index (χ2v) is 9.97. The topological polar surface area (TPSA) is 75.0 Å². The highest BCUT2D eigenvalue weighted by atomic mass is 16.6. The van der Waals surface area contributed by atoms with Gasteiger partial charge in [0.25, 0.3) is 11.9 Å². The second-order valence-electron chi connectivity index (χ2n) is 9.97. The third-order valence-corrected chi connectivity index (χ3v) is 7.46. The quantitative estimate of drug-likeness (QED) is 0.517. The number of furan rings is 1. The zero-order valence-corrected chi connectivity index (χ0v) is 20.9. The highest BCUT2D eigenvalue weighted by molar-refractivity contribution is 5.97. The minimum Gasteiger partial charge on any atom is -0.434 e. The zero-order valence-electron chi connectivity index (χ0n) is 20.9. The molecule has 0 spiro atoms. The van der Waals surface area contributed by atoms with Gasteiger partial charge in [-0.3, -0.25) is 4.79 Å². The lowest BCUT2D eigenvalue weighted by atomic mass is 10.0. The van der Waals surface area contributed by atoms with E-state index in [2.05, 4.69) is 10.2 Å². The van der Waals surface area contributed by atoms with Crippen molar-refractivity contribution in [2.24, 2.45) is 11.8 Å². The highest BCUT2D eigenvalue weighted by Crippen LogP contribution is 2.33. The Morgan fingerprint density at radius 2 is 1.64 bits per heavy atom. The molecule has 7 heteroatoms.